The highest BCUT2D eigenvalue weighted by molar-refractivity contribution is 14.0. The molecule has 1 fully saturated rings. The lowest BCUT2D eigenvalue weighted by Gasteiger charge is -2.36. The highest BCUT2D eigenvalue weighted by atomic mass is 127. The Hall–Kier alpha value is -2.18. The maximum absolute atomic E-state index is 6.04. The molecule has 0 atom stereocenters. The molecule has 3 aromatic rings. The Labute approximate surface area is 209 Å². The van der Waals surface area contributed by atoms with Crippen molar-refractivity contribution in [3.8, 4) is 11.4 Å². The summed E-state index contributed by atoms with van der Waals surface area (Å²) in [6, 6.07) is 9.40. The van der Waals surface area contributed by atoms with Crippen LogP contribution < -0.4 is 5.32 Å². The lowest BCUT2D eigenvalue weighted by atomic mass is 10.2. The van der Waals surface area contributed by atoms with Gasteiger partial charge in [0.05, 0.1) is 5.69 Å². The van der Waals surface area contributed by atoms with Crippen molar-refractivity contribution >= 4 is 41.5 Å². The standard InChI is InChI=1S/C21H26ClN7O2.HI/c1-15-12-18(26-30-15)14-28-8-10-29(11-9-28)21(23-2)24-7-6-19-25-20(27-31-19)16-4-3-5-17(22)13-16;/h3-5,12-13H,6-11,14H2,1-2H3,(H,23,24);1H. The molecule has 2 aromatic heterocycles. The largest absolute Gasteiger partial charge is 0.361 e. The first-order valence-electron chi connectivity index (χ1n) is 10.3. The number of aromatic nitrogens is 3. The summed E-state index contributed by atoms with van der Waals surface area (Å²) in [6.45, 7) is 7.06. The van der Waals surface area contributed by atoms with Gasteiger partial charge in [0.2, 0.25) is 11.7 Å². The van der Waals surface area contributed by atoms with Crippen LogP contribution in [0.3, 0.4) is 0 Å². The van der Waals surface area contributed by atoms with Crippen molar-refractivity contribution < 1.29 is 9.05 Å². The number of halogens is 2. The van der Waals surface area contributed by atoms with E-state index in [0.29, 0.717) is 29.7 Å². The van der Waals surface area contributed by atoms with Crippen LogP contribution in [0.15, 0.2) is 44.4 Å². The average molecular weight is 572 g/mol. The lowest BCUT2D eigenvalue weighted by Crippen LogP contribution is -2.52. The molecule has 1 aromatic carbocycles. The molecule has 0 radical (unpaired) electrons. The summed E-state index contributed by atoms with van der Waals surface area (Å²) in [7, 11) is 1.80. The first kappa shape index (κ1) is 24.5. The van der Waals surface area contributed by atoms with Gasteiger partial charge in [0.15, 0.2) is 5.96 Å². The van der Waals surface area contributed by atoms with Crippen molar-refractivity contribution in [3.63, 3.8) is 0 Å². The number of rotatable bonds is 6. The Balaban J connectivity index is 0.00000289. The van der Waals surface area contributed by atoms with E-state index in [4.69, 9.17) is 20.6 Å². The highest BCUT2D eigenvalue weighted by Crippen LogP contribution is 2.20. The van der Waals surface area contributed by atoms with Crippen molar-refractivity contribution in [1.82, 2.24) is 30.4 Å². The molecule has 0 bridgehead atoms. The molecule has 9 nitrogen and oxygen atoms in total. The summed E-state index contributed by atoms with van der Waals surface area (Å²) in [6.07, 6.45) is 0.609. The van der Waals surface area contributed by atoms with Crippen LogP contribution in [0.4, 0.5) is 0 Å². The smallest absolute Gasteiger partial charge is 0.228 e. The second kappa shape index (κ2) is 11.6. The number of guanidine groups is 1. The molecule has 1 aliphatic heterocycles. The lowest BCUT2D eigenvalue weighted by molar-refractivity contribution is 0.169. The Kier molecular flexibility index (Phi) is 8.88. The summed E-state index contributed by atoms with van der Waals surface area (Å²) in [4.78, 5) is 13.5. The Morgan fingerprint density at radius 2 is 1.97 bits per heavy atom. The van der Waals surface area contributed by atoms with E-state index < -0.39 is 0 Å². The molecule has 11 heteroatoms. The van der Waals surface area contributed by atoms with E-state index in [9.17, 15) is 0 Å². The Morgan fingerprint density at radius 3 is 2.66 bits per heavy atom. The van der Waals surface area contributed by atoms with Gasteiger partial charge in [0.25, 0.3) is 0 Å². The van der Waals surface area contributed by atoms with Crippen molar-refractivity contribution in [2.24, 2.45) is 4.99 Å². The van der Waals surface area contributed by atoms with Gasteiger partial charge >= 0.3 is 0 Å². The zero-order valence-electron chi connectivity index (χ0n) is 18.1. The molecule has 0 saturated carbocycles. The number of piperazine rings is 1. The first-order chi connectivity index (χ1) is 15.1. The Bertz CT molecular complexity index is 1030. The maximum atomic E-state index is 6.04. The van der Waals surface area contributed by atoms with Crippen LogP contribution >= 0.6 is 35.6 Å². The minimum atomic E-state index is 0. The topological polar surface area (TPSA) is 95.8 Å². The van der Waals surface area contributed by atoms with Gasteiger partial charge in [-0.2, -0.15) is 4.98 Å². The van der Waals surface area contributed by atoms with Gasteiger partial charge in [0.1, 0.15) is 5.76 Å². The van der Waals surface area contributed by atoms with Crippen LogP contribution in [0, 0.1) is 6.92 Å². The fraction of sp³-hybridized carbons (Fsp3) is 0.429. The van der Waals surface area contributed by atoms with E-state index in [1.165, 1.54) is 0 Å². The number of hydrogen-bond acceptors (Lipinski definition) is 7. The van der Waals surface area contributed by atoms with Crippen LogP contribution in [0.1, 0.15) is 17.3 Å². The van der Waals surface area contributed by atoms with Crippen molar-refractivity contribution in [3.05, 3.63) is 52.7 Å². The van der Waals surface area contributed by atoms with E-state index in [1.54, 1.807) is 7.05 Å². The molecule has 172 valence electrons. The molecule has 1 aliphatic rings. The third-order valence-corrected chi connectivity index (χ3v) is 5.35. The average Bonchev–Trinajstić information content (AvgIpc) is 3.41. The van der Waals surface area contributed by atoms with Crippen LogP contribution in [-0.2, 0) is 13.0 Å². The molecule has 1 N–H and O–H groups in total. The summed E-state index contributed by atoms with van der Waals surface area (Å²) in [5, 5.41) is 12.2. The van der Waals surface area contributed by atoms with Crippen molar-refractivity contribution in [1.29, 1.82) is 0 Å². The summed E-state index contributed by atoms with van der Waals surface area (Å²) >= 11 is 6.04. The second-order valence-electron chi connectivity index (χ2n) is 7.44. The minimum absolute atomic E-state index is 0. The van der Waals surface area contributed by atoms with Crippen LogP contribution in [0.2, 0.25) is 5.02 Å². The third kappa shape index (κ3) is 6.42. The number of benzene rings is 1. The molecular formula is C21H27ClIN7O2. The third-order valence-electron chi connectivity index (χ3n) is 5.12. The summed E-state index contributed by atoms with van der Waals surface area (Å²) < 4.78 is 10.5. The first-order valence-corrected chi connectivity index (χ1v) is 10.7. The molecule has 3 heterocycles. The predicted molar refractivity (Wildman–Crippen MR) is 133 cm³/mol. The fourth-order valence-electron chi connectivity index (χ4n) is 3.55. The normalized spacial score (nSPS) is 15.0. The zero-order chi connectivity index (χ0) is 21.6. The fourth-order valence-corrected chi connectivity index (χ4v) is 3.74. The summed E-state index contributed by atoms with van der Waals surface area (Å²) in [5.41, 5.74) is 1.81. The van der Waals surface area contributed by atoms with Gasteiger partial charge in [-0.1, -0.05) is 34.0 Å². The SMILES string of the molecule is CN=C(NCCc1nc(-c2cccc(Cl)c2)no1)N1CCN(Cc2cc(C)on2)CC1.I. The van der Waals surface area contributed by atoms with Crippen LogP contribution in [0.25, 0.3) is 11.4 Å². The number of nitrogens with one attached hydrogen (secondary N) is 1. The molecule has 0 spiro atoms. The van der Waals surface area contributed by atoms with E-state index in [-0.39, 0.29) is 24.0 Å². The second-order valence-corrected chi connectivity index (χ2v) is 7.87. The van der Waals surface area contributed by atoms with Gasteiger partial charge in [-0.25, -0.2) is 0 Å². The van der Waals surface area contributed by atoms with Gasteiger partial charge in [-0.05, 0) is 19.1 Å². The van der Waals surface area contributed by atoms with Gasteiger partial charge in [0, 0.05) is 69.4 Å². The summed E-state index contributed by atoms with van der Waals surface area (Å²) in [5.74, 6) is 2.84. The Morgan fingerprint density at radius 1 is 1.16 bits per heavy atom. The van der Waals surface area contributed by atoms with Gasteiger partial charge in [-0.3, -0.25) is 9.89 Å². The van der Waals surface area contributed by atoms with E-state index in [2.05, 4.69) is 35.4 Å². The molecular weight excluding hydrogens is 545 g/mol. The zero-order valence-corrected chi connectivity index (χ0v) is 21.2. The van der Waals surface area contributed by atoms with Crippen LogP contribution in [0.5, 0.6) is 0 Å². The number of hydrogen-bond donors (Lipinski definition) is 1. The van der Waals surface area contributed by atoms with Gasteiger partial charge in [-0.15, -0.1) is 24.0 Å². The minimum Gasteiger partial charge on any atom is -0.361 e. The molecule has 0 aliphatic carbocycles. The maximum Gasteiger partial charge on any atom is 0.228 e. The number of aliphatic imine (C=N–C) groups is 1. The highest BCUT2D eigenvalue weighted by Gasteiger charge is 2.20. The molecule has 4 rings (SSSR count). The number of aryl methyl sites for hydroxylation is 1. The number of nitrogens with zero attached hydrogens (tertiary/aromatic N) is 6. The van der Waals surface area contributed by atoms with E-state index in [1.807, 2.05) is 37.3 Å². The van der Waals surface area contributed by atoms with Gasteiger partial charge < -0.3 is 19.3 Å². The predicted octanol–water partition coefficient (Wildman–Crippen LogP) is 3.24. The van der Waals surface area contributed by atoms with Crippen molar-refractivity contribution in [2.45, 2.75) is 19.9 Å². The van der Waals surface area contributed by atoms with Crippen LogP contribution in [-0.4, -0.2) is 70.8 Å². The molecule has 32 heavy (non-hydrogen) atoms. The monoisotopic (exact) mass is 571 g/mol. The quantitative estimate of drug-likeness (QED) is 0.274. The van der Waals surface area contributed by atoms with Crippen molar-refractivity contribution in [2.75, 3.05) is 39.8 Å². The van der Waals surface area contributed by atoms with E-state index >= 15 is 0 Å². The molecule has 0 amide bonds. The molecule has 0 unspecified atom stereocenters. The molecule has 1 saturated heterocycles. The van der Waals surface area contributed by atoms with E-state index in [0.717, 1.165) is 55.7 Å².